The first-order valence-corrected chi connectivity index (χ1v) is 13.0. The Morgan fingerprint density at radius 1 is 1.02 bits per heavy atom. The second kappa shape index (κ2) is 13.3. The summed E-state index contributed by atoms with van der Waals surface area (Å²) >= 11 is 0. The van der Waals surface area contributed by atoms with Gasteiger partial charge >= 0.3 is 17.6 Å². The van der Waals surface area contributed by atoms with E-state index in [1.54, 1.807) is 19.9 Å². The highest BCUT2D eigenvalue weighted by molar-refractivity contribution is 5.92. The Morgan fingerprint density at radius 2 is 1.74 bits per heavy atom. The number of nitro groups is 1. The van der Waals surface area contributed by atoms with Crippen LogP contribution in [0.4, 0.5) is 5.69 Å². The maximum Gasteiger partial charge on any atom is 0.344 e. The van der Waals surface area contributed by atoms with Gasteiger partial charge < -0.3 is 23.2 Å². The Balaban J connectivity index is 1.30. The number of nitrogens with one attached hydrogen (secondary N) is 1. The molecule has 12 heteroatoms. The quantitative estimate of drug-likeness (QED) is 0.104. The number of carbonyl (C=O) groups excluding carboxylic acids is 2. The molecule has 0 saturated heterocycles. The van der Waals surface area contributed by atoms with E-state index in [2.05, 4.69) is 27.2 Å². The van der Waals surface area contributed by atoms with Gasteiger partial charge in [-0.3, -0.25) is 14.9 Å². The lowest BCUT2D eigenvalue weighted by Gasteiger charge is -2.10. The molecule has 0 radical (unpaired) electrons. The third-order valence-corrected chi connectivity index (χ3v) is 5.90. The molecular weight excluding hydrogens is 544 g/mol. The highest BCUT2D eigenvalue weighted by Gasteiger charge is 2.18. The highest BCUT2D eigenvalue weighted by Crippen LogP contribution is 2.27. The topological polar surface area (TPSA) is 147 Å². The average molecular weight is 575 g/mol. The summed E-state index contributed by atoms with van der Waals surface area (Å²) in [6.45, 7) is 7.10. The minimum absolute atomic E-state index is 0.0164. The predicted molar refractivity (Wildman–Crippen MR) is 153 cm³/mol. The number of rotatable bonds is 12. The number of carbonyl (C=O) groups is 2. The van der Waals surface area contributed by atoms with E-state index in [4.69, 9.17) is 18.6 Å². The van der Waals surface area contributed by atoms with Gasteiger partial charge in [-0.25, -0.2) is 10.2 Å². The molecule has 0 spiro atoms. The molecule has 218 valence electrons. The van der Waals surface area contributed by atoms with E-state index in [9.17, 15) is 19.7 Å². The van der Waals surface area contributed by atoms with Gasteiger partial charge in [-0.05, 0) is 88.4 Å². The van der Waals surface area contributed by atoms with Gasteiger partial charge in [-0.2, -0.15) is 5.10 Å². The summed E-state index contributed by atoms with van der Waals surface area (Å²) in [6, 6.07) is 18.9. The number of nitro benzene ring substituents is 1. The van der Waals surface area contributed by atoms with Gasteiger partial charge in [0.25, 0.3) is 0 Å². The molecule has 0 fully saturated rings. The molecule has 1 N–H and O–H groups in total. The van der Waals surface area contributed by atoms with Crippen LogP contribution in [-0.2, 0) is 16.1 Å². The number of aryl methyl sites for hydroxylation is 2. The van der Waals surface area contributed by atoms with Crippen molar-refractivity contribution < 1.29 is 33.1 Å². The molecule has 4 aromatic rings. The first-order valence-electron chi connectivity index (χ1n) is 13.0. The third kappa shape index (κ3) is 7.62. The van der Waals surface area contributed by atoms with Crippen LogP contribution in [0, 0.1) is 24.0 Å². The van der Waals surface area contributed by atoms with E-state index in [0.29, 0.717) is 17.1 Å². The lowest BCUT2D eigenvalue weighted by Crippen LogP contribution is -2.19. The Labute approximate surface area is 241 Å². The Kier molecular flexibility index (Phi) is 9.38. The number of benzene rings is 2. The summed E-state index contributed by atoms with van der Waals surface area (Å²) in [5.74, 6) is -0.259. The fourth-order valence-corrected chi connectivity index (χ4v) is 4.03. The minimum Gasteiger partial charge on any atom is -0.486 e. The van der Waals surface area contributed by atoms with E-state index < -0.39 is 23.4 Å². The van der Waals surface area contributed by atoms with Crippen LogP contribution < -0.4 is 14.9 Å². The molecule has 2 aromatic carbocycles. The second-order valence-corrected chi connectivity index (χ2v) is 9.51. The molecule has 1 amide bonds. The summed E-state index contributed by atoms with van der Waals surface area (Å²) in [6.07, 6.45) is 0.897. The molecule has 4 rings (SSSR count). The molecular formula is C30H30N4O8. The van der Waals surface area contributed by atoms with Crippen molar-refractivity contribution in [1.82, 2.24) is 9.99 Å². The van der Waals surface area contributed by atoms with Gasteiger partial charge in [0.05, 0.1) is 17.2 Å². The van der Waals surface area contributed by atoms with Gasteiger partial charge in [0.1, 0.15) is 18.1 Å². The van der Waals surface area contributed by atoms with E-state index in [0.717, 1.165) is 17.1 Å². The van der Waals surface area contributed by atoms with E-state index in [1.807, 2.05) is 38.1 Å². The average Bonchev–Trinajstić information content (AvgIpc) is 3.57. The van der Waals surface area contributed by atoms with Crippen molar-refractivity contribution in [2.75, 3.05) is 6.61 Å². The van der Waals surface area contributed by atoms with E-state index >= 15 is 0 Å². The van der Waals surface area contributed by atoms with E-state index in [-0.39, 0.29) is 29.9 Å². The number of nitrogens with zero attached hydrogens (tertiary/aromatic N) is 3. The number of furan rings is 1. The normalized spacial score (nSPS) is 11.1. The lowest BCUT2D eigenvalue weighted by atomic mass is 10.2. The van der Waals surface area contributed by atoms with Crippen molar-refractivity contribution in [3.05, 3.63) is 105 Å². The number of esters is 1. The number of amides is 1. The summed E-state index contributed by atoms with van der Waals surface area (Å²) < 4.78 is 23.7. The molecule has 0 atom stereocenters. The van der Waals surface area contributed by atoms with Crippen molar-refractivity contribution in [3.8, 4) is 17.2 Å². The smallest absolute Gasteiger partial charge is 0.344 e. The van der Waals surface area contributed by atoms with Crippen molar-refractivity contribution in [2.24, 2.45) is 5.10 Å². The zero-order valence-electron chi connectivity index (χ0n) is 23.5. The Morgan fingerprint density at radius 3 is 2.40 bits per heavy atom. The van der Waals surface area contributed by atoms with Gasteiger partial charge in [0.15, 0.2) is 18.1 Å². The number of aromatic nitrogens is 1. The van der Waals surface area contributed by atoms with Crippen molar-refractivity contribution in [3.63, 3.8) is 0 Å². The predicted octanol–water partition coefficient (Wildman–Crippen LogP) is 5.27. The lowest BCUT2D eigenvalue weighted by molar-refractivity contribution is -0.385. The molecule has 0 aliphatic heterocycles. The molecule has 0 unspecified atom stereocenters. The monoisotopic (exact) mass is 574 g/mol. The zero-order chi connectivity index (χ0) is 30.2. The van der Waals surface area contributed by atoms with Gasteiger partial charge in [-0.1, -0.05) is 0 Å². The first-order chi connectivity index (χ1) is 20.1. The summed E-state index contributed by atoms with van der Waals surface area (Å²) in [5, 5.41) is 15.3. The van der Waals surface area contributed by atoms with Crippen molar-refractivity contribution in [1.29, 1.82) is 0 Å². The standard InChI is InChI=1S/C30H30N4O8/c1-19(2)41-29(35)18-40-27-13-7-22(15-26(27)34(37)38)16-31-32-30(36)28-14-12-25(42-28)17-39-24-10-8-23(9-11-24)33-20(3)5-6-21(33)4/h5-16,19H,17-18H2,1-4H3,(H,32,36)/b31-16+. The number of hydrogen-bond donors (Lipinski definition) is 1. The zero-order valence-corrected chi connectivity index (χ0v) is 23.5. The molecule has 12 nitrogen and oxygen atoms in total. The van der Waals surface area contributed by atoms with Crippen molar-refractivity contribution in [2.45, 2.75) is 40.4 Å². The van der Waals surface area contributed by atoms with Crippen LogP contribution in [0.3, 0.4) is 0 Å². The SMILES string of the molecule is Cc1ccc(C)n1-c1ccc(OCc2ccc(C(=O)N/N=C/c3ccc(OCC(=O)OC(C)C)c([N+](=O)[O-])c3)o2)cc1. The molecule has 42 heavy (non-hydrogen) atoms. The highest BCUT2D eigenvalue weighted by atomic mass is 16.6. The summed E-state index contributed by atoms with van der Waals surface area (Å²) in [7, 11) is 0. The van der Waals surface area contributed by atoms with Crippen LogP contribution in [0.15, 0.2) is 76.2 Å². The van der Waals surface area contributed by atoms with Crippen LogP contribution in [0.2, 0.25) is 0 Å². The van der Waals surface area contributed by atoms with Gasteiger partial charge in [0, 0.05) is 28.7 Å². The maximum atomic E-state index is 12.4. The van der Waals surface area contributed by atoms with Gasteiger partial charge in [-0.15, -0.1) is 0 Å². The molecule has 2 heterocycles. The van der Waals surface area contributed by atoms with Crippen LogP contribution >= 0.6 is 0 Å². The Hall–Kier alpha value is -5.39. The number of ether oxygens (including phenoxy) is 3. The second-order valence-electron chi connectivity index (χ2n) is 9.51. The summed E-state index contributed by atoms with van der Waals surface area (Å²) in [4.78, 5) is 34.9. The van der Waals surface area contributed by atoms with Crippen LogP contribution in [0.5, 0.6) is 11.5 Å². The maximum absolute atomic E-state index is 12.4. The molecule has 0 aliphatic carbocycles. The summed E-state index contributed by atoms with van der Waals surface area (Å²) in [5.41, 5.74) is 5.57. The first kappa shape index (κ1) is 29.6. The van der Waals surface area contributed by atoms with Crippen molar-refractivity contribution >= 4 is 23.8 Å². The molecule has 0 bridgehead atoms. The largest absolute Gasteiger partial charge is 0.486 e. The van der Waals surface area contributed by atoms with Crippen LogP contribution in [-0.4, -0.2) is 40.3 Å². The fourth-order valence-electron chi connectivity index (χ4n) is 4.03. The fraction of sp³-hybridized carbons (Fsp3) is 0.233. The Bertz CT molecular complexity index is 1580. The van der Waals surface area contributed by atoms with E-state index in [1.165, 1.54) is 30.5 Å². The minimum atomic E-state index is -0.649. The molecule has 0 aliphatic rings. The number of hydrazone groups is 1. The van der Waals surface area contributed by atoms with Gasteiger partial charge in [0.2, 0.25) is 0 Å². The van der Waals surface area contributed by atoms with Crippen LogP contribution in [0.25, 0.3) is 5.69 Å². The number of hydrogen-bond acceptors (Lipinski definition) is 9. The molecule has 0 saturated carbocycles. The molecule has 2 aromatic heterocycles. The van der Waals surface area contributed by atoms with Crippen LogP contribution in [0.1, 0.15) is 47.1 Å². The third-order valence-electron chi connectivity index (χ3n) is 5.90.